The topological polar surface area (TPSA) is 23.5 Å². The molecule has 0 aliphatic carbocycles. The van der Waals surface area contributed by atoms with Crippen molar-refractivity contribution in [3.8, 4) is 0 Å². The van der Waals surface area contributed by atoms with Gasteiger partial charge in [-0.2, -0.15) is 0 Å². The van der Waals surface area contributed by atoms with E-state index in [4.69, 9.17) is 16.7 Å². The van der Waals surface area contributed by atoms with Crippen molar-refractivity contribution < 1.29 is 5.11 Å². The second-order valence-corrected chi connectivity index (χ2v) is 2.97. The molecule has 1 N–H and O–H groups in total. The Morgan fingerprint density at radius 3 is 2.40 bits per heavy atom. The van der Waals surface area contributed by atoms with Gasteiger partial charge in [-0.1, -0.05) is 0 Å². The molecule has 0 aromatic carbocycles. The van der Waals surface area contributed by atoms with Crippen molar-refractivity contribution in [2.75, 3.05) is 20.0 Å². The third-order valence-electron chi connectivity index (χ3n) is 1.45. The van der Waals surface area contributed by atoms with Gasteiger partial charge in [-0.25, -0.2) is 0 Å². The molecule has 0 amide bonds. The maximum absolute atomic E-state index is 9.08. The van der Waals surface area contributed by atoms with Crippen molar-refractivity contribution in [2.45, 2.75) is 18.6 Å². The lowest BCUT2D eigenvalue weighted by Gasteiger charge is -2.21. The molecule has 0 aromatic rings. The summed E-state index contributed by atoms with van der Waals surface area (Å²) >= 11 is 5.40. The van der Waals surface area contributed by atoms with E-state index in [0.29, 0.717) is 12.3 Å². The van der Waals surface area contributed by atoms with Gasteiger partial charge in [0.15, 0.2) is 0 Å². The van der Waals surface area contributed by atoms with Crippen LogP contribution in [0.5, 0.6) is 0 Å². The normalized spacial score (nSPS) is 17.4. The van der Waals surface area contributed by atoms with E-state index in [2.05, 4.69) is 6.92 Å². The molecule has 0 aliphatic rings. The highest BCUT2D eigenvalue weighted by Crippen LogP contribution is 2.03. The van der Waals surface area contributed by atoms with Gasteiger partial charge in [-0.15, -0.1) is 11.6 Å². The number of alkyl halides is 1. The van der Waals surface area contributed by atoms with Gasteiger partial charge in [0.05, 0.1) is 6.10 Å². The van der Waals surface area contributed by atoms with E-state index < -0.39 is 6.10 Å². The van der Waals surface area contributed by atoms with Gasteiger partial charge < -0.3 is 10.0 Å². The number of nitrogens with zero attached hydrogens (tertiary/aromatic N) is 1. The summed E-state index contributed by atoms with van der Waals surface area (Å²) in [4.78, 5) is 1.95. The minimum absolute atomic E-state index is 0.147. The Bertz CT molecular complexity index is 87.7. The van der Waals surface area contributed by atoms with Crippen LogP contribution in [0.3, 0.4) is 0 Å². The lowest BCUT2D eigenvalue weighted by atomic mass is 10.1. The van der Waals surface area contributed by atoms with Crippen molar-refractivity contribution in [3.63, 3.8) is 0 Å². The molecule has 2 nitrogen and oxygen atoms in total. The second-order valence-electron chi connectivity index (χ2n) is 2.66. The molecule has 61 valence electrons. The molecular formula is C7H15ClNO. The average Bonchev–Trinajstić information content (AvgIpc) is 1.87. The molecule has 0 bridgehead atoms. The van der Waals surface area contributed by atoms with Gasteiger partial charge in [0.2, 0.25) is 0 Å². The molecule has 0 rings (SSSR count). The van der Waals surface area contributed by atoms with Crippen LogP contribution < -0.4 is 0 Å². The molecule has 0 fully saturated rings. The zero-order chi connectivity index (χ0) is 8.15. The first-order valence-electron chi connectivity index (χ1n) is 3.31. The Labute approximate surface area is 67.8 Å². The molecule has 0 aromatic heterocycles. The number of rotatable bonds is 4. The van der Waals surface area contributed by atoms with Crippen molar-refractivity contribution in [1.29, 1.82) is 0 Å². The van der Waals surface area contributed by atoms with Gasteiger partial charge in [0.25, 0.3) is 0 Å². The zero-order valence-corrected chi connectivity index (χ0v) is 7.30. The highest BCUT2D eigenvalue weighted by Gasteiger charge is 2.10. The van der Waals surface area contributed by atoms with E-state index in [9.17, 15) is 0 Å². The van der Waals surface area contributed by atoms with Gasteiger partial charge >= 0.3 is 0 Å². The first kappa shape index (κ1) is 10.2. The molecule has 1 radical (unpaired) electrons. The molecule has 10 heavy (non-hydrogen) atoms. The predicted molar refractivity (Wildman–Crippen MR) is 44.2 cm³/mol. The summed E-state index contributed by atoms with van der Waals surface area (Å²) in [6.07, 6.45) is 0.211. The summed E-state index contributed by atoms with van der Waals surface area (Å²) in [7, 11) is 3.86. The summed E-state index contributed by atoms with van der Waals surface area (Å²) in [6, 6.07) is 0.147. The summed E-state index contributed by atoms with van der Waals surface area (Å²) < 4.78 is 0. The highest BCUT2D eigenvalue weighted by atomic mass is 35.5. The minimum Gasteiger partial charge on any atom is -0.392 e. The van der Waals surface area contributed by atoms with Crippen molar-refractivity contribution in [2.24, 2.45) is 0 Å². The van der Waals surface area contributed by atoms with E-state index in [0.717, 1.165) is 0 Å². The summed E-state index contributed by atoms with van der Waals surface area (Å²) in [5, 5.41) is 9.08. The van der Waals surface area contributed by atoms with Crippen LogP contribution in [-0.2, 0) is 0 Å². The number of aliphatic hydroxyl groups excluding tert-OH is 1. The van der Waals surface area contributed by atoms with Crippen LogP contribution in [0.15, 0.2) is 0 Å². The van der Waals surface area contributed by atoms with Crippen molar-refractivity contribution in [3.05, 3.63) is 6.92 Å². The molecule has 0 saturated carbocycles. The molecule has 0 aliphatic heterocycles. The Hall–Kier alpha value is 0.210. The lowest BCUT2D eigenvalue weighted by molar-refractivity contribution is 0.155. The summed E-state index contributed by atoms with van der Waals surface area (Å²) in [6.45, 7) is 3.83. The Kier molecular flexibility index (Phi) is 5.04. The molecule has 0 heterocycles. The Morgan fingerprint density at radius 1 is 1.60 bits per heavy atom. The van der Waals surface area contributed by atoms with Crippen LogP contribution in [0, 0.1) is 6.92 Å². The largest absolute Gasteiger partial charge is 0.392 e. The fourth-order valence-electron chi connectivity index (χ4n) is 0.588. The fourth-order valence-corrected chi connectivity index (χ4v) is 0.714. The van der Waals surface area contributed by atoms with E-state index >= 15 is 0 Å². The van der Waals surface area contributed by atoms with E-state index in [1.54, 1.807) is 0 Å². The van der Waals surface area contributed by atoms with Crippen LogP contribution in [-0.4, -0.2) is 42.1 Å². The van der Waals surface area contributed by atoms with Crippen LogP contribution >= 0.6 is 11.6 Å². The molecule has 3 heteroatoms. The van der Waals surface area contributed by atoms with Crippen molar-refractivity contribution in [1.82, 2.24) is 4.90 Å². The minimum atomic E-state index is -0.424. The summed E-state index contributed by atoms with van der Waals surface area (Å²) in [5.74, 6) is 0.292. The van der Waals surface area contributed by atoms with Crippen molar-refractivity contribution >= 4 is 11.6 Å². The number of hydrogen-bond donors (Lipinski definition) is 1. The number of hydrogen-bond acceptors (Lipinski definition) is 2. The Morgan fingerprint density at radius 2 is 2.10 bits per heavy atom. The van der Waals surface area contributed by atoms with E-state index in [-0.39, 0.29) is 6.04 Å². The molecule has 2 unspecified atom stereocenters. The predicted octanol–water partition coefficient (Wildman–Crippen LogP) is 0.740. The van der Waals surface area contributed by atoms with Crippen LogP contribution in [0.4, 0.5) is 0 Å². The smallest absolute Gasteiger partial charge is 0.0690 e. The van der Waals surface area contributed by atoms with Gasteiger partial charge in [-0.05, 0) is 27.4 Å². The molecule has 0 spiro atoms. The monoisotopic (exact) mass is 164 g/mol. The molecular weight excluding hydrogens is 150 g/mol. The van der Waals surface area contributed by atoms with Gasteiger partial charge in [0.1, 0.15) is 0 Å². The number of halogens is 1. The summed E-state index contributed by atoms with van der Waals surface area (Å²) in [5.41, 5.74) is 0. The third-order valence-corrected chi connectivity index (χ3v) is 1.81. The number of aliphatic hydroxyl groups is 1. The van der Waals surface area contributed by atoms with Crippen LogP contribution in [0.2, 0.25) is 0 Å². The second kappa shape index (κ2) is 4.94. The van der Waals surface area contributed by atoms with Crippen LogP contribution in [0.25, 0.3) is 0 Å². The van der Waals surface area contributed by atoms with Crippen LogP contribution in [0.1, 0.15) is 6.42 Å². The average molecular weight is 165 g/mol. The first-order valence-corrected chi connectivity index (χ1v) is 3.85. The zero-order valence-electron chi connectivity index (χ0n) is 6.55. The maximum Gasteiger partial charge on any atom is 0.0690 e. The Balaban J connectivity index is 3.46. The fraction of sp³-hybridized carbons (Fsp3) is 0.857. The highest BCUT2D eigenvalue weighted by molar-refractivity contribution is 6.18. The first-order chi connectivity index (χ1) is 4.57. The van der Waals surface area contributed by atoms with Gasteiger partial charge in [0, 0.05) is 11.9 Å². The lowest BCUT2D eigenvalue weighted by Crippen LogP contribution is -2.29. The quantitative estimate of drug-likeness (QED) is 0.620. The van der Waals surface area contributed by atoms with Gasteiger partial charge in [-0.3, -0.25) is 0 Å². The molecule has 0 saturated heterocycles. The SMILES string of the molecule is [CH2]C(CC(O)CCl)N(C)C. The van der Waals surface area contributed by atoms with E-state index in [1.807, 2.05) is 19.0 Å². The third kappa shape index (κ3) is 4.09. The van der Waals surface area contributed by atoms with E-state index in [1.165, 1.54) is 0 Å². The standard InChI is InChI=1S/C7H15ClNO/c1-6(9(2)3)4-7(10)5-8/h6-7,10H,1,4-5H2,2-3H3. The molecule has 2 atom stereocenters. The maximum atomic E-state index is 9.08.